The van der Waals surface area contributed by atoms with E-state index in [0.717, 1.165) is 49.3 Å². The Labute approximate surface area is 128 Å². The Morgan fingerprint density at radius 2 is 2.05 bits per heavy atom. The first-order chi connectivity index (χ1) is 9.72. The maximum Gasteiger partial charge on any atom is 0.127 e. The molecule has 0 aliphatic carbocycles. The summed E-state index contributed by atoms with van der Waals surface area (Å²) in [6.07, 6.45) is 1.26. The summed E-state index contributed by atoms with van der Waals surface area (Å²) in [6, 6.07) is 5.89. The maximum atomic E-state index is 13.8. The minimum atomic E-state index is -0.101. The molecule has 0 amide bonds. The fourth-order valence-electron chi connectivity index (χ4n) is 3.14. The zero-order valence-electron chi connectivity index (χ0n) is 11.6. The monoisotopic (exact) mass is 341 g/mol. The van der Waals surface area contributed by atoms with Crippen molar-refractivity contribution in [1.29, 1.82) is 0 Å². The van der Waals surface area contributed by atoms with Crippen LogP contribution in [0.15, 0.2) is 22.7 Å². The highest BCUT2D eigenvalue weighted by atomic mass is 79.9. The quantitative estimate of drug-likeness (QED) is 0.907. The zero-order chi connectivity index (χ0) is 13.9. The highest BCUT2D eigenvalue weighted by Gasteiger charge is 2.26. The molecule has 2 aliphatic heterocycles. The van der Waals surface area contributed by atoms with Crippen molar-refractivity contribution in [2.24, 2.45) is 0 Å². The molecule has 3 rings (SSSR count). The molecule has 3 nitrogen and oxygen atoms in total. The Morgan fingerprint density at radius 3 is 2.75 bits per heavy atom. The summed E-state index contributed by atoms with van der Waals surface area (Å²) >= 11 is 3.42. The minimum absolute atomic E-state index is 0.101. The molecule has 1 atom stereocenters. The summed E-state index contributed by atoms with van der Waals surface area (Å²) in [7, 11) is 0. The SMILES string of the molecule is Fc1ccc(Br)cc1CN1CCN(C2CCNC2)CC1. The number of nitrogens with zero attached hydrogens (tertiary/aromatic N) is 2. The van der Waals surface area contributed by atoms with Gasteiger partial charge in [-0.2, -0.15) is 0 Å². The van der Waals surface area contributed by atoms with Crippen molar-refractivity contribution in [3.63, 3.8) is 0 Å². The van der Waals surface area contributed by atoms with Crippen LogP contribution in [0.5, 0.6) is 0 Å². The Hall–Kier alpha value is -0.490. The lowest BCUT2D eigenvalue weighted by Crippen LogP contribution is -2.50. The Kier molecular flexibility index (Phi) is 4.71. The second kappa shape index (κ2) is 6.52. The molecule has 20 heavy (non-hydrogen) atoms. The summed E-state index contributed by atoms with van der Waals surface area (Å²) in [5.41, 5.74) is 0.787. The van der Waals surface area contributed by atoms with E-state index in [1.165, 1.54) is 6.42 Å². The van der Waals surface area contributed by atoms with Crippen molar-refractivity contribution >= 4 is 15.9 Å². The van der Waals surface area contributed by atoms with E-state index in [0.29, 0.717) is 12.6 Å². The van der Waals surface area contributed by atoms with Crippen LogP contribution < -0.4 is 5.32 Å². The van der Waals surface area contributed by atoms with Crippen molar-refractivity contribution in [3.05, 3.63) is 34.1 Å². The first-order valence-electron chi connectivity index (χ1n) is 7.33. The summed E-state index contributed by atoms with van der Waals surface area (Å²) in [4.78, 5) is 4.93. The molecule has 2 fully saturated rings. The number of benzene rings is 1. The topological polar surface area (TPSA) is 18.5 Å². The van der Waals surface area contributed by atoms with Crippen molar-refractivity contribution in [3.8, 4) is 0 Å². The highest BCUT2D eigenvalue weighted by Crippen LogP contribution is 2.19. The molecule has 1 aromatic rings. The van der Waals surface area contributed by atoms with E-state index < -0.39 is 0 Å². The summed E-state index contributed by atoms with van der Waals surface area (Å²) in [5.74, 6) is -0.101. The van der Waals surface area contributed by atoms with Crippen LogP contribution in [0.2, 0.25) is 0 Å². The van der Waals surface area contributed by atoms with Crippen LogP contribution in [0.4, 0.5) is 4.39 Å². The first kappa shape index (κ1) is 14.4. The van der Waals surface area contributed by atoms with Crippen LogP contribution in [0.3, 0.4) is 0 Å². The number of hydrogen-bond acceptors (Lipinski definition) is 3. The molecular formula is C15H21BrFN3. The molecule has 1 aromatic carbocycles. The van der Waals surface area contributed by atoms with Gasteiger partial charge in [0.1, 0.15) is 5.82 Å². The fourth-order valence-corrected chi connectivity index (χ4v) is 3.55. The molecule has 5 heteroatoms. The van der Waals surface area contributed by atoms with E-state index in [1.807, 2.05) is 6.07 Å². The lowest BCUT2D eigenvalue weighted by atomic mass is 10.1. The van der Waals surface area contributed by atoms with Crippen LogP contribution >= 0.6 is 15.9 Å². The van der Waals surface area contributed by atoms with Gasteiger partial charge >= 0.3 is 0 Å². The Morgan fingerprint density at radius 1 is 1.25 bits per heavy atom. The van der Waals surface area contributed by atoms with Crippen LogP contribution in [-0.2, 0) is 6.54 Å². The van der Waals surface area contributed by atoms with E-state index in [2.05, 4.69) is 31.0 Å². The number of halogens is 2. The van der Waals surface area contributed by atoms with Gasteiger partial charge in [0.05, 0.1) is 0 Å². The molecule has 2 heterocycles. The summed E-state index contributed by atoms with van der Waals surface area (Å²) in [6.45, 7) is 7.24. The van der Waals surface area contributed by atoms with Gasteiger partial charge in [0, 0.05) is 55.3 Å². The second-order valence-electron chi connectivity index (χ2n) is 5.69. The van der Waals surface area contributed by atoms with Gasteiger partial charge in [-0.1, -0.05) is 15.9 Å². The number of hydrogen-bond donors (Lipinski definition) is 1. The third-order valence-corrected chi connectivity index (χ3v) is 4.85. The van der Waals surface area contributed by atoms with Gasteiger partial charge in [0.2, 0.25) is 0 Å². The van der Waals surface area contributed by atoms with Crippen molar-refractivity contribution in [1.82, 2.24) is 15.1 Å². The molecule has 2 saturated heterocycles. The fraction of sp³-hybridized carbons (Fsp3) is 0.600. The lowest BCUT2D eigenvalue weighted by Gasteiger charge is -2.37. The highest BCUT2D eigenvalue weighted by molar-refractivity contribution is 9.10. The molecule has 0 aromatic heterocycles. The van der Waals surface area contributed by atoms with Gasteiger partial charge in [0.25, 0.3) is 0 Å². The average Bonchev–Trinajstić information content (AvgIpc) is 2.98. The van der Waals surface area contributed by atoms with E-state index in [9.17, 15) is 4.39 Å². The average molecular weight is 342 g/mol. The van der Waals surface area contributed by atoms with Crippen molar-refractivity contribution in [2.75, 3.05) is 39.3 Å². The van der Waals surface area contributed by atoms with Crippen LogP contribution in [0.25, 0.3) is 0 Å². The minimum Gasteiger partial charge on any atom is -0.315 e. The molecule has 110 valence electrons. The molecular weight excluding hydrogens is 321 g/mol. The third-order valence-electron chi connectivity index (χ3n) is 4.36. The zero-order valence-corrected chi connectivity index (χ0v) is 13.2. The van der Waals surface area contributed by atoms with Gasteiger partial charge in [0.15, 0.2) is 0 Å². The van der Waals surface area contributed by atoms with Crippen LogP contribution in [-0.4, -0.2) is 55.1 Å². The summed E-state index contributed by atoms with van der Waals surface area (Å²) < 4.78 is 14.7. The van der Waals surface area contributed by atoms with E-state index in [-0.39, 0.29) is 5.82 Å². The van der Waals surface area contributed by atoms with Crippen molar-refractivity contribution < 1.29 is 4.39 Å². The number of piperazine rings is 1. The number of nitrogens with one attached hydrogen (secondary N) is 1. The van der Waals surface area contributed by atoms with Gasteiger partial charge < -0.3 is 5.32 Å². The van der Waals surface area contributed by atoms with E-state index in [1.54, 1.807) is 12.1 Å². The van der Waals surface area contributed by atoms with Crippen LogP contribution in [0, 0.1) is 5.82 Å². The molecule has 2 aliphatic rings. The normalized spacial score (nSPS) is 25.2. The lowest BCUT2D eigenvalue weighted by molar-refractivity contribution is 0.0974. The standard InChI is InChI=1S/C15H21BrFN3/c16-13-1-2-15(17)12(9-13)11-19-5-7-20(8-6-19)14-3-4-18-10-14/h1-2,9,14,18H,3-8,10-11H2. The Balaban J connectivity index is 1.54. The van der Waals surface area contributed by atoms with Crippen molar-refractivity contribution in [2.45, 2.75) is 19.0 Å². The molecule has 0 radical (unpaired) electrons. The van der Waals surface area contributed by atoms with Gasteiger partial charge in [-0.15, -0.1) is 0 Å². The Bertz CT molecular complexity index is 454. The van der Waals surface area contributed by atoms with Crippen LogP contribution in [0.1, 0.15) is 12.0 Å². The maximum absolute atomic E-state index is 13.8. The molecule has 0 saturated carbocycles. The molecule has 1 unspecified atom stereocenters. The van der Waals surface area contributed by atoms with Gasteiger partial charge in [-0.05, 0) is 31.2 Å². The van der Waals surface area contributed by atoms with Gasteiger partial charge in [-0.3, -0.25) is 9.80 Å². The summed E-state index contributed by atoms with van der Waals surface area (Å²) in [5, 5.41) is 3.42. The predicted octanol–water partition coefficient (Wildman–Crippen LogP) is 2.07. The first-order valence-corrected chi connectivity index (χ1v) is 8.13. The second-order valence-corrected chi connectivity index (χ2v) is 6.61. The largest absolute Gasteiger partial charge is 0.315 e. The van der Waals surface area contributed by atoms with E-state index in [4.69, 9.17) is 0 Å². The smallest absolute Gasteiger partial charge is 0.127 e. The van der Waals surface area contributed by atoms with E-state index >= 15 is 0 Å². The van der Waals surface area contributed by atoms with Gasteiger partial charge in [-0.25, -0.2) is 4.39 Å². The molecule has 0 bridgehead atoms. The third kappa shape index (κ3) is 3.39. The molecule has 1 N–H and O–H groups in total. The number of rotatable bonds is 3. The predicted molar refractivity (Wildman–Crippen MR) is 82.2 cm³/mol. The molecule has 0 spiro atoms.